The first-order chi connectivity index (χ1) is 8.75. The Kier molecular flexibility index (Phi) is 4.30. The van der Waals surface area contributed by atoms with Gasteiger partial charge in [-0.25, -0.2) is 0 Å². The van der Waals surface area contributed by atoms with Crippen LogP contribution in [0.25, 0.3) is 0 Å². The van der Waals surface area contributed by atoms with Gasteiger partial charge in [-0.05, 0) is 6.07 Å². The van der Waals surface area contributed by atoms with E-state index in [1.807, 2.05) is 0 Å². The Bertz CT molecular complexity index is 522. The van der Waals surface area contributed by atoms with Crippen LogP contribution in [0.5, 0.6) is 5.75 Å². The fourth-order valence-electron chi connectivity index (χ4n) is 1.12. The molecule has 1 aromatic rings. The summed E-state index contributed by atoms with van der Waals surface area (Å²) in [6.45, 7) is 0. The summed E-state index contributed by atoms with van der Waals surface area (Å²) in [7, 11) is 2.48. The van der Waals surface area contributed by atoms with Crippen molar-refractivity contribution in [2.45, 2.75) is 6.36 Å². The first-order valence-electron chi connectivity index (χ1n) is 4.90. The number of nitro groups is 1. The van der Waals surface area contributed by atoms with Gasteiger partial charge in [0.1, 0.15) is 0 Å². The van der Waals surface area contributed by atoms with Gasteiger partial charge in [-0.1, -0.05) is 0 Å². The van der Waals surface area contributed by atoms with Crippen LogP contribution in [0, 0.1) is 21.7 Å². The highest BCUT2D eigenvalue weighted by Gasteiger charge is 2.27. The van der Waals surface area contributed by atoms with Gasteiger partial charge >= 0.3 is 12.0 Å². The summed E-state index contributed by atoms with van der Waals surface area (Å²) in [5.41, 5.74) is -1.11. The largest absolute Gasteiger partial charge is 0.449 e. The Labute approximate surface area is 105 Å². The van der Waals surface area contributed by atoms with Gasteiger partial charge in [-0.3, -0.25) is 14.9 Å². The van der Waals surface area contributed by atoms with Gasteiger partial charge in [-0.15, -0.1) is 0 Å². The van der Waals surface area contributed by atoms with Crippen LogP contribution in [0.2, 0.25) is 0 Å². The van der Waals surface area contributed by atoms with E-state index in [1.165, 1.54) is 14.1 Å². The molecule has 0 aromatic heterocycles. The molecule has 0 bridgehead atoms. The van der Waals surface area contributed by atoms with Gasteiger partial charge in [-0.2, -0.15) is 13.2 Å². The van der Waals surface area contributed by atoms with Gasteiger partial charge < -0.3 is 9.64 Å². The summed E-state index contributed by atoms with van der Waals surface area (Å²) in [6, 6.07) is 1.28. The topological polar surface area (TPSA) is 72.7 Å². The van der Waals surface area contributed by atoms with Gasteiger partial charge in [0.2, 0.25) is 11.6 Å². The molecule has 0 spiro atoms. The highest BCUT2D eigenvalue weighted by atomic mass is 19.2. The Morgan fingerprint density at radius 1 is 1.37 bits per heavy atom. The van der Waals surface area contributed by atoms with Gasteiger partial charge in [0.05, 0.1) is 4.92 Å². The summed E-state index contributed by atoms with van der Waals surface area (Å²) in [4.78, 5) is 21.2. The van der Waals surface area contributed by atoms with E-state index in [1.54, 1.807) is 0 Å². The zero-order chi connectivity index (χ0) is 14.7. The summed E-state index contributed by atoms with van der Waals surface area (Å²) in [6.07, 6.45) is -2.54. The molecule has 1 atom stereocenters. The van der Waals surface area contributed by atoms with E-state index in [4.69, 9.17) is 0 Å². The highest BCUT2D eigenvalue weighted by Crippen LogP contribution is 2.28. The average Bonchev–Trinajstić information content (AvgIpc) is 2.33. The van der Waals surface area contributed by atoms with E-state index in [0.717, 1.165) is 4.90 Å². The predicted octanol–water partition coefficient (Wildman–Crippen LogP) is 1.64. The molecule has 104 valence electrons. The second-order valence-corrected chi connectivity index (χ2v) is 3.63. The fourth-order valence-corrected chi connectivity index (χ4v) is 1.12. The molecule has 0 fully saturated rings. The zero-order valence-electron chi connectivity index (χ0n) is 9.89. The zero-order valence-corrected chi connectivity index (χ0v) is 9.89. The van der Waals surface area contributed by atoms with Crippen LogP contribution < -0.4 is 4.74 Å². The Hall–Kier alpha value is -2.32. The summed E-state index contributed by atoms with van der Waals surface area (Å²) < 4.78 is 44.1. The first kappa shape index (κ1) is 14.7. The third kappa shape index (κ3) is 3.12. The van der Waals surface area contributed by atoms with E-state index < -0.39 is 40.3 Å². The minimum Gasteiger partial charge on any atom is -0.449 e. The molecule has 0 N–H and O–H groups in total. The lowest BCUT2D eigenvalue weighted by Crippen LogP contribution is -2.34. The number of amides is 1. The van der Waals surface area contributed by atoms with Crippen molar-refractivity contribution >= 4 is 11.6 Å². The molecule has 9 heteroatoms. The number of benzene rings is 1. The Morgan fingerprint density at radius 3 is 2.42 bits per heavy atom. The minimum absolute atomic E-state index is 0.612. The van der Waals surface area contributed by atoms with E-state index >= 15 is 0 Å². The van der Waals surface area contributed by atoms with Crippen LogP contribution in [0.15, 0.2) is 12.1 Å². The van der Waals surface area contributed by atoms with Crippen LogP contribution in [0.1, 0.15) is 0 Å². The molecule has 0 heterocycles. The third-order valence-corrected chi connectivity index (χ3v) is 2.09. The summed E-state index contributed by atoms with van der Waals surface area (Å²) in [5.74, 6) is -5.56. The molecule has 0 aliphatic rings. The molecule has 19 heavy (non-hydrogen) atoms. The Morgan fingerprint density at radius 2 is 1.95 bits per heavy atom. The molecule has 0 aliphatic carbocycles. The number of likely N-dealkylation sites (N-methyl/N-ethyl adjacent to an activating group) is 1. The number of carbonyl (C=O) groups is 1. The van der Waals surface area contributed by atoms with Gasteiger partial charge in [0, 0.05) is 20.2 Å². The van der Waals surface area contributed by atoms with Crippen molar-refractivity contribution in [3.63, 3.8) is 0 Å². The fraction of sp³-hybridized carbons (Fsp3) is 0.300. The SMILES string of the molecule is CN(C)C(=O)C(F)Oc1ccc([N+](=O)[O-])c(F)c1F. The molecule has 6 nitrogen and oxygen atoms in total. The number of nitrogens with zero attached hydrogens (tertiary/aromatic N) is 2. The number of halogens is 3. The molecule has 1 rings (SSSR count). The molecule has 0 aliphatic heterocycles. The van der Waals surface area contributed by atoms with Crippen LogP contribution in [-0.4, -0.2) is 36.2 Å². The van der Waals surface area contributed by atoms with Crippen LogP contribution >= 0.6 is 0 Å². The molecular weight excluding hydrogens is 269 g/mol. The predicted molar refractivity (Wildman–Crippen MR) is 57.2 cm³/mol. The average molecular weight is 278 g/mol. The highest BCUT2D eigenvalue weighted by molar-refractivity contribution is 5.79. The quantitative estimate of drug-likeness (QED) is 0.620. The van der Waals surface area contributed by atoms with Gasteiger partial charge in [0.25, 0.3) is 5.91 Å². The maximum absolute atomic E-state index is 13.4. The molecule has 1 unspecified atom stereocenters. The molecule has 0 saturated carbocycles. The van der Waals surface area contributed by atoms with Crippen molar-refractivity contribution in [3.8, 4) is 5.75 Å². The second-order valence-electron chi connectivity index (χ2n) is 3.63. The van der Waals surface area contributed by atoms with Gasteiger partial charge in [0.15, 0.2) is 5.75 Å². The van der Waals surface area contributed by atoms with Crippen molar-refractivity contribution in [2.75, 3.05) is 14.1 Å². The Balaban J connectivity index is 3.01. The van der Waals surface area contributed by atoms with Crippen molar-refractivity contribution in [2.24, 2.45) is 0 Å². The monoisotopic (exact) mass is 278 g/mol. The number of nitro benzene ring substituents is 1. The third-order valence-electron chi connectivity index (χ3n) is 2.09. The second kappa shape index (κ2) is 5.55. The molecule has 0 radical (unpaired) electrons. The van der Waals surface area contributed by atoms with Crippen LogP contribution in [0.4, 0.5) is 18.9 Å². The lowest BCUT2D eigenvalue weighted by Gasteiger charge is -2.15. The number of carbonyl (C=O) groups excluding carboxylic acids is 1. The van der Waals surface area contributed by atoms with Crippen molar-refractivity contribution in [1.29, 1.82) is 0 Å². The molecular formula is C10H9F3N2O4. The van der Waals surface area contributed by atoms with E-state index in [2.05, 4.69) is 4.74 Å². The number of hydrogen-bond acceptors (Lipinski definition) is 4. The van der Waals surface area contributed by atoms with E-state index in [-0.39, 0.29) is 0 Å². The maximum atomic E-state index is 13.4. The normalized spacial score (nSPS) is 11.8. The van der Waals surface area contributed by atoms with Crippen LogP contribution in [0.3, 0.4) is 0 Å². The van der Waals surface area contributed by atoms with Crippen LogP contribution in [-0.2, 0) is 4.79 Å². The first-order valence-corrected chi connectivity index (χ1v) is 4.90. The van der Waals surface area contributed by atoms with E-state index in [0.29, 0.717) is 12.1 Å². The summed E-state index contributed by atoms with van der Waals surface area (Å²) in [5, 5.41) is 10.3. The minimum atomic E-state index is -2.54. The number of hydrogen-bond donors (Lipinski definition) is 0. The van der Waals surface area contributed by atoms with Crippen molar-refractivity contribution in [1.82, 2.24) is 4.90 Å². The smallest absolute Gasteiger partial charge is 0.317 e. The lowest BCUT2D eigenvalue weighted by molar-refractivity contribution is -0.387. The molecule has 1 aromatic carbocycles. The van der Waals surface area contributed by atoms with Crippen molar-refractivity contribution < 1.29 is 27.6 Å². The number of rotatable bonds is 4. The maximum Gasteiger partial charge on any atom is 0.317 e. The lowest BCUT2D eigenvalue weighted by atomic mass is 10.3. The number of alkyl halides is 1. The molecule has 0 saturated heterocycles. The van der Waals surface area contributed by atoms with E-state index in [9.17, 15) is 28.1 Å². The van der Waals surface area contributed by atoms with Crippen molar-refractivity contribution in [3.05, 3.63) is 33.9 Å². The standard InChI is InChI=1S/C10H9F3N2O4/c1-14(2)10(16)9(13)19-6-4-3-5(15(17)18)7(11)8(6)12/h3-4,9H,1-2H3. The number of ether oxygens (including phenoxy) is 1. The summed E-state index contributed by atoms with van der Waals surface area (Å²) >= 11 is 0. The molecule has 1 amide bonds.